The standard InChI is InChI=1S/C46H44ClN3O7/c1-56-32-23-37(51)40(38(24-32)57-2)41-33-16-17-34-39(44(54)49(42(34)52)30-18-20-48(21-19-30)26-27-10-5-3-6-11-27)35(33)25-36-43(53)50(31-15-9-14-29(47)22-31)45(55)46(36,41)28-12-7-4-8-13-28/h3-16,22-24,30,34-36,39,41,51H,17-21,25-26H2,1-2H3/t34-,35+,36-,39-,41+,46+/m0/s1. The highest BCUT2D eigenvalue weighted by Gasteiger charge is 2.71. The molecule has 2 aliphatic carbocycles. The van der Waals surface area contributed by atoms with Crippen LogP contribution in [0.15, 0.2) is 109 Å². The number of piperidine rings is 1. The molecule has 3 saturated heterocycles. The van der Waals surface area contributed by atoms with E-state index in [0.29, 0.717) is 40.4 Å². The molecule has 57 heavy (non-hydrogen) atoms. The molecule has 0 aromatic heterocycles. The van der Waals surface area contributed by atoms with Gasteiger partial charge in [0, 0.05) is 54.3 Å². The van der Waals surface area contributed by atoms with E-state index in [-0.39, 0.29) is 42.2 Å². The van der Waals surface area contributed by atoms with Gasteiger partial charge in [0.1, 0.15) is 17.2 Å². The fourth-order valence-corrected chi connectivity index (χ4v) is 11.0. The van der Waals surface area contributed by atoms with Crippen molar-refractivity contribution in [2.75, 3.05) is 32.2 Å². The predicted molar refractivity (Wildman–Crippen MR) is 214 cm³/mol. The largest absolute Gasteiger partial charge is 0.507 e. The van der Waals surface area contributed by atoms with Gasteiger partial charge in [0.05, 0.1) is 43.1 Å². The minimum Gasteiger partial charge on any atom is -0.507 e. The Hall–Kier alpha value is -5.45. The lowest BCUT2D eigenvalue weighted by atomic mass is 9.49. The summed E-state index contributed by atoms with van der Waals surface area (Å²) in [7, 11) is 2.97. The van der Waals surface area contributed by atoms with Gasteiger partial charge in [-0.2, -0.15) is 0 Å². The summed E-state index contributed by atoms with van der Waals surface area (Å²) >= 11 is 6.45. The van der Waals surface area contributed by atoms with Crippen molar-refractivity contribution in [2.45, 2.75) is 49.6 Å². The molecule has 6 atom stereocenters. The van der Waals surface area contributed by atoms with Crippen LogP contribution in [0.5, 0.6) is 17.2 Å². The number of anilines is 1. The third-order valence-corrected chi connectivity index (χ3v) is 13.4. The van der Waals surface area contributed by atoms with E-state index >= 15 is 9.59 Å². The molecule has 4 aromatic carbocycles. The Balaban J connectivity index is 1.16. The van der Waals surface area contributed by atoms with Crippen molar-refractivity contribution < 1.29 is 33.8 Å². The van der Waals surface area contributed by atoms with Gasteiger partial charge in [-0.15, -0.1) is 0 Å². The summed E-state index contributed by atoms with van der Waals surface area (Å²) in [4.78, 5) is 65.1. The van der Waals surface area contributed by atoms with Crippen LogP contribution in [0.1, 0.15) is 48.3 Å². The van der Waals surface area contributed by atoms with E-state index in [4.69, 9.17) is 21.1 Å². The Morgan fingerprint density at radius 3 is 2.21 bits per heavy atom. The summed E-state index contributed by atoms with van der Waals surface area (Å²) in [5.74, 6) is -4.66. The maximum Gasteiger partial charge on any atom is 0.246 e. The molecule has 3 aliphatic heterocycles. The Bertz CT molecular complexity index is 2290. The van der Waals surface area contributed by atoms with Crippen LogP contribution in [0.4, 0.5) is 5.69 Å². The molecular weight excluding hydrogens is 742 g/mol. The van der Waals surface area contributed by atoms with Crippen molar-refractivity contribution in [1.29, 1.82) is 0 Å². The fourth-order valence-electron chi connectivity index (χ4n) is 10.8. The maximum absolute atomic E-state index is 15.6. The molecule has 0 spiro atoms. The van der Waals surface area contributed by atoms with Gasteiger partial charge in [0.2, 0.25) is 23.6 Å². The quantitative estimate of drug-likeness (QED) is 0.152. The van der Waals surface area contributed by atoms with Crippen molar-refractivity contribution in [3.8, 4) is 17.2 Å². The monoisotopic (exact) mass is 785 g/mol. The second-order valence-electron chi connectivity index (χ2n) is 15.9. The lowest BCUT2D eigenvalue weighted by molar-refractivity contribution is -0.144. The van der Waals surface area contributed by atoms with E-state index in [1.807, 2.05) is 54.6 Å². The second-order valence-corrected chi connectivity index (χ2v) is 16.3. The van der Waals surface area contributed by atoms with Crippen LogP contribution < -0.4 is 14.4 Å². The first-order chi connectivity index (χ1) is 27.7. The Morgan fingerprint density at radius 1 is 0.807 bits per heavy atom. The van der Waals surface area contributed by atoms with E-state index in [1.165, 1.54) is 35.6 Å². The molecule has 0 radical (unpaired) electrons. The molecule has 1 saturated carbocycles. The molecule has 9 rings (SSSR count). The number of ether oxygens (including phenoxy) is 2. The number of aromatic hydroxyl groups is 1. The molecule has 3 heterocycles. The number of allylic oxidation sites excluding steroid dienone is 2. The molecule has 4 amide bonds. The van der Waals surface area contributed by atoms with Gasteiger partial charge in [-0.05, 0) is 60.9 Å². The zero-order chi connectivity index (χ0) is 39.6. The summed E-state index contributed by atoms with van der Waals surface area (Å²) in [6.07, 6.45) is 3.79. The van der Waals surface area contributed by atoms with Crippen LogP contribution in [-0.4, -0.2) is 71.9 Å². The topological polar surface area (TPSA) is 117 Å². The molecule has 0 bridgehead atoms. The number of nitrogens with zero attached hydrogens (tertiary/aromatic N) is 3. The lowest BCUT2D eigenvalue weighted by Gasteiger charge is -2.51. The number of hydrogen-bond donors (Lipinski definition) is 1. The van der Waals surface area contributed by atoms with Crippen molar-refractivity contribution >= 4 is 40.9 Å². The van der Waals surface area contributed by atoms with Gasteiger partial charge in [-0.3, -0.25) is 29.0 Å². The number of halogens is 1. The normalized spacial score (nSPS) is 27.6. The first-order valence-electron chi connectivity index (χ1n) is 19.6. The number of imide groups is 2. The smallest absolute Gasteiger partial charge is 0.246 e. The highest BCUT2D eigenvalue weighted by molar-refractivity contribution is 6.32. The molecule has 4 fully saturated rings. The summed E-state index contributed by atoms with van der Waals surface area (Å²) in [6, 6.07) is 29.1. The number of methoxy groups -OCH3 is 2. The number of fused-ring (bicyclic) bond motifs is 4. The molecule has 292 valence electrons. The maximum atomic E-state index is 15.6. The van der Waals surface area contributed by atoms with Crippen molar-refractivity contribution in [3.05, 3.63) is 130 Å². The highest BCUT2D eigenvalue weighted by atomic mass is 35.5. The second kappa shape index (κ2) is 14.5. The van der Waals surface area contributed by atoms with Crippen molar-refractivity contribution in [1.82, 2.24) is 9.80 Å². The average Bonchev–Trinajstić information content (AvgIpc) is 3.62. The van der Waals surface area contributed by atoms with E-state index in [9.17, 15) is 14.7 Å². The number of likely N-dealkylation sites (tertiary alicyclic amines) is 2. The van der Waals surface area contributed by atoms with E-state index in [0.717, 1.165) is 25.2 Å². The molecule has 0 unspecified atom stereocenters. The Kier molecular flexibility index (Phi) is 9.44. The summed E-state index contributed by atoms with van der Waals surface area (Å²) in [6.45, 7) is 2.33. The molecule has 10 nitrogen and oxygen atoms in total. The summed E-state index contributed by atoms with van der Waals surface area (Å²) in [5.41, 5.74) is 1.64. The van der Waals surface area contributed by atoms with E-state index in [1.54, 1.807) is 30.3 Å². The number of benzene rings is 4. The minimum absolute atomic E-state index is 0.154. The Morgan fingerprint density at radius 2 is 1.53 bits per heavy atom. The van der Waals surface area contributed by atoms with Gasteiger partial charge in [0.25, 0.3) is 0 Å². The number of carbonyl (C=O) groups excluding carboxylic acids is 4. The molecular formula is C46H44ClN3O7. The first kappa shape index (κ1) is 37.1. The zero-order valence-electron chi connectivity index (χ0n) is 31.8. The lowest BCUT2D eigenvalue weighted by Crippen LogP contribution is -2.53. The minimum atomic E-state index is -1.56. The predicted octanol–water partition coefficient (Wildman–Crippen LogP) is 6.89. The van der Waals surface area contributed by atoms with Gasteiger partial charge >= 0.3 is 0 Å². The van der Waals surface area contributed by atoms with Crippen LogP contribution in [-0.2, 0) is 31.1 Å². The molecule has 4 aromatic rings. The summed E-state index contributed by atoms with van der Waals surface area (Å²) in [5, 5.41) is 12.4. The van der Waals surface area contributed by atoms with E-state index < -0.39 is 46.8 Å². The summed E-state index contributed by atoms with van der Waals surface area (Å²) < 4.78 is 11.5. The average molecular weight is 786 g/mol. The third kappa shape index (κ3) is 5.78. The van der Waals surface area contributed by atoms with Crippen LogP contribution in [0.3, 0.4) is 0 Å². The third-order valence-electron chi connectivity index (χ3n) is 13.2. The molecule has 1 N–H and O–H groups in total. The molecule has 11 heteroatoms. The van der Waals surface area contributed by atoms with Crippen molar-refractivity contribution in [3.63, 3.8) is 0 Å². The van der Waals surface area contributed by atoms with Crippen LogP contribution >= 0.6 is 11.6 Å². The SMILES string of the molecule is COc1cc(O)c([C@H]2C3=CC[C@@H]4C(=O)N(C5CCN(Cc6ccccc6)CC5)C(=O)[C@@H]4[C@@H]3C[C@H]3C(=O)N(c4cccc(Cl)c4)C(=O)[C@@]23c2ccccc2)c(OC)c1. The van der Waals surface area contributed by atoms with Gasteiger partial charge in [-0.1, -0.05) is 90.0 Å². The zero-order valence-corrected chi connectivity index (χ0v) is 32.6. The van der Waals surface area contributed by atoms with Gasteiger partial charge < -0.3 is 14.6 Å². The number of phenols is 1. The number of phenolic OH excluding ortho intramolecular Hbond substituents is 1. The van der Waals surface area contributed by atoms with Crippen molar-refractivity contribution in [2.24, 2.45) is 23.7 Å². The van der Waals surface area contributed by atoms with Gasteiger partial charge in [-0.25, -0.2) is 4.90 Å². The highest BCUT2D eigenvalue weighted by Crippen LogP contribution is 2.66. The van der Waals surface area contributed by atoms with Crippen LogP contribution in [0, 0.1) is 23.7 Å². The number of amides is 4. The number of rotatable bonds is 8. The van der Waals surface area contributed by atoms with Crippen LogP contribution in [0.25, 0.3) is 0 Å². The molecule has 5 aliphatic rings. The fraction of sp³-hybridized carbons (Fsp3) is 0.348. The Labute approximate surface area is 336 Å². The number of carbonyl (C=O) groups is 4. The van der Waals surface area contributed by atoms with Crippen LogP contribution in [0.2, 0.25) is 5.02 Å². The van der Waals surface area contributed by atoms with Gasteiger partial charge in [0.15, 0.2) is 0 Å². The number of hydrogen-bond acceptors (Lipinski definition) is 8. The first-order valence-corrected chi connectivity index (χ1v) is 20.0. The van der Waals surface area contributed by atoms with E-state index in [2.05, 4.69) is 17.0 Å².